The van der Waals surface area contributed by atoms with Crippen LogP contribution < -0.4 is 5.32 Å². The number of nitrogens with zero attached hydrogens (tertiary/aromatic N) is 3. The van der Waals surface area contributed by atoms with Crippen molar-refractivity contribution < 1.29 is 22.7 Å². The number of likely N-dealkylation sites (tertiary alicyclic amines) is 1. The smallest absolute Gasteiger partial charge is 0.270 e. The summed E-state index contributed by atoms with van der Waals surface area (Å²) in [7, 11) is -0.252. The van der Waals surface area contributed by atoms with Gasteiger partial charge in [-0.25, -0.2) is 8.42 Å². The van der Waals surface area contributed by atoms with Crippen molar-refractivity contribution in [3.63, 3.8) is 0 Å². The van der Waals surface area contributed by atoms with E-state index in [9.17, 15) is 18.0 Å². The molecule has 0 aliphatic carbocycles. The number of aryl methyl sites for hydroxylation is 1. The Hall–Kier alpha value is -1.91. The van der Waals surface area contributed by atoms with E-state index in [0.717, 1.165) is 25.7 Å². The maximum atomic E-state index is 13.0. The average molecular weight is 455 g/mol. The van der Waals surface area contributed by atoms with Gasteiger partial charge >= 0.3 is 0 Å². The number of ether oxygens (including phenoxy) is 1. The summed E-state index contributed by atoms with van der Waals surface area (Å²) in [5, 5.41) is 2.93. The van der Waals surface area contributed by atoms with Crippen LogP contribution in [0.25, 0.3) is 0 Å². The zero-order chi connectivity index (χ0) is 22.4. The van der Waals surface area contributed by atoms with Gasteiger partial charge < -0.3 is 19.5 Å². The Morgan fingerprint density at radius 1 is 1.13 bits per heavy atom. The Bertz CT molecular complexity index is 868. The molecule has 2 saturated heterocycles. The van der Waals surface area contributed by atoms with Crippen molar-refractivity contribution in [2.24, 2.45) is 13.0 Å². The summed E-state index contributed by atoms with van der Waals surface area (Å²) in [4.78, 5) is 27.2. The molecular formula is C21H34N4O5S. The fourth-order valence-corrected chi connectivity index (χ4v) is 5.81. The number of sulfonamides is 1. The molecule has 2 fully saturated rings. The lowest BCUT2D eigenvalue weighted by Gasteiger charge is -2.31. The van der Waals surface area contributed by atoms with Crippen LogP contribution in [-0.2, 0) is 26.6 Å². The van der Waals surface area contributed by atoms with Crippen molar-refractivity contribution >= 4 is 21.8 Å². The van der Waals surface area contributed by atoms with Crippen molar-refractivity contribution in [2.45, 2.75) is 43.4 Å². The molecule has 3 rings (SSSR count). The molecule has 0 aromatic carbocycles. The summed E-state index contributed by atoms with van der Waals surface area (Å²) in [6, 6.07) is 1.49. The van der Waals surface area contributed by atoms with Crippen LogP contribution in [0.2, 0.25) is 0 Å². The number of carbonyl (C=O) groups excluding carboxylic acids is 2. The van der Waals surface area contributed by atoms with Crippen LogP contribution in [0, 0.1) is 5.92 Å². The van der Waals surface area contributed by atoms with Crippen molar-refractivity contribution in [3.8, 4) is 0 Å². The second-order valence-corrected chi connectivity index (χ2v) is 10.3. The lowest BCUT2D eigenvalue weighted by atomic mass is 9.95. The minimum Gasteiger partial charge on any atom is -0.385 e. The zero-order valence-corrected chi connectivity index (χ0v) is 19.3. The zero-order valence-electron chi connectivity index (χ0n) is 18.5. The van der Waals surface area contributed by atoms with Crippen LogP contribution in [0.1, 0.15) is 49.0 Å². The molecule has 1 aromatic heterocycles. The normalized spacial score (nSPS) is 18.8. The summed E-state index contributed by atoms with van der Waals surface area (Å²) >= 11 is 0. The monoisotopic (exact) mass is 454 g/mol. The third-order valence-electron chi connectivity index (χ3n) is 6.13. The Kier molecular flexibility index (Phi) is 8.12. The molecule has 9 nitrogen and oxygen atoms in total. The van der Waals surface area contributed by atoms with Gasteiger partial charge in [-0.2, -0.15) is 4.31 Å². The number of piperidine rings is 2. The molecule has 0 radical (unpaired) electrons. The Balaban J connectivity index is 1.58. The molecule has 10 heteroatoms. The molecule has 31 heavy (non-hydrogen) atoms. The summed E-state index contributed by atoms with van der Waals surface area (Å²) < 4.78 is 33.9. The molecule has 2 aliphatic rings. The number of nitrogens with one attached hydrogen (secondary N) is 1. The van der Waals surface area contributed by atoms with E-state index >= 15 is 0 Å². The highest BCUT2D eigenvalue weighted by Crippen LogP contribution is 2.24. The number of rotatable bonds is 8. The van der Waals surface area contributed by atoms with Gasteiger partial charge in [-0.05, 0) is 38.2 Å². The van der Waals surface area contributed by atoms with Crippen LogP contribution in [0.15, 0.2) is 17.2 Å². The SMILES string of the molecule is COCCCNC(=O)C1CCN(C(=O)c2cc(S(=O)(=O)N3CCCCC3)cn2C)CC1. The number of methoxy groups -OCH3 is 1. The fourth-order valence-electron chi connectivity index (χ4n) is 4.22. The van der Waals surface area contributed by atoms with Gasteiger partial charge in [0.25, 0.3) is 5.91 Å². The molecular weight excluding hydrogens is 420 g/mol. The Labute approximate surface area is 184 Å². The molecule has 0 bridgehead atoms. The first-order valence-electron chi connectivity index (χ1n) is 11.1. The summed E-state index contributed by atoms with van der Waals surface area (Å²) in [6.07, 6.45) is 6.29. The average Bonchev–Trinajstić information content (AvgIpc) is 3.19. The van der Waals surface area contributed by atoms with E-state index in [2.05, 4.69) is 5.32 Å². The summed E-state index contributed by atoms with van der Waals surface area (Å²) in [6.45, 7) is 3.22. The van der Waals surface area contributed by atoms with E-state index in [0.29, 0.717) is 57.9 Å². The number of hydrogen-bond acceptors (Lipinski definition) is 5. The van der Waals surface area contributed by atoms with Crippen LogP contribution in [0.3, 0.4) is 0 Å². The molecule has 1 N–H and O–H groups in total. The summed E-state index contributed by atoms with van der Waals surface area (Å²) in [5.74, 6) is -0.270. The highest BCUT2D eigenvalue weighted by Gasteiger charge is 2.31. The topological polar surface area (TPSA) is 101 Å². The molecule has 0 unspecified atom stereocenters. The first-order chi connectivity index (χ1) is 14.8. The molecule has 0 saturated carbocycles. The molecule has 2 amide bonds. The number of hydrogen-bond donors (Lipinski definition) is 1. The molecule has 174 valence electrons. The van der Waals surface area contributed by atoms with Gasteiger partial charge in [0.2, 0.25) is 15.9 Å². The lowest BCUT2D eigenvalue weighted by molar-refractivity contribution is -0.126. The van der Waals surface area contributed by atoms with Gasteiger partial charge in [-0.1, -0.05) is 6.42 Å². The molecule has 1 aromatic rings. The second kappa shape index (κ2) is 10.6. The standard InChI is InChI=1S/C21H34N4O5S/c1-23-16-18(31(28,29)25-10-4-3-5-11-25)15-19(23)21(27)24-12-7-17(8-13-24)20(26)22-9-6-14-30-2/h15-17H,3-14H2,1-2H3,(H,22,26). The van der Waals surface area contributed by atoms with Crippen molar-refractivity contribution in [2.75, 3.05) is 46.4 Å². The van der Waals surface area contributed by atoms with Gasteiger partial charge in [-0.15, -0.1) is 0 Å². The van der Waals surface area contributed by atoms with E-state index in [1.165, 1.54) is 16.6 Å². The van der Waals surface area contributed by atoms with Crippen LogP contribution in [-0.4, -0.2) is 80.4 Å². The minimum atomic E-state index is -3.58. The highest BCUT2D eigenvalue weighted by atomic mass is 32.2. The lowest BCUT2D eigenvalue weighted by Crippen LogP contribution is -2.43. The fraction of sp³-hybridized carbons (Fsp3) is 0.714. The number of aromatic nitrogens is 1. The first-order valence-corrected chi connectivity index (χ1v) is 12.5. The highest BCUT2D eigenvalue weighted by molar-refractivity contribution is 7.89. The molecule has 0 atom stereocenters. The number of amides is 2. The molecule has 2 aliphatic heterocycles. The summed E-state index contributed by atoms with van der Waals surface area (Å²) in [5.41, 5.74) is 0.359. The van der Waals surface area contributed by atoms with Crippen LogP contribution in [0.4, 0.5) is 0 Å². The quantitative estimate of drug-likeness (QED) is 0.595. The Morgan fingerprint density at radius 2 is 1.81 bits per heavy atom. The first kappa shape index (κ1) is 23.7. The van der Waals surface area contributed by atoms with Crippen LogP contribution >= 0.6 is 0 Å². The van der Waals surface area contributed by atoms with Crippen molar-refractivity contribution in [1.82, 2.24) is 19.1 Å². The largest absolute Gasteiger partial charge is 0.385 e. The molecule has 3 heterocycles. The van der Waals surface area contributed by atoms with Crippen molar-refractivity contribution in [3.05, 3.63) is 18.0 Å². The van der Waals surface area contributed by atoms with E-state index in [4.69, 9.17) is 4.74 Å². The maximum Gasteiger partial charge on any atom is 0.270 e. The van der Waals surface area contributed by atoms with Gasteiger partial charge in [-0.3, -0.25) is 9.59 Å². The predicted octanol–water partition coefficient (Wildman–Crippen LogP) is 1.20. The molecule has 0 spiro atoms. The van der Waals surface area contributed by atoms with Gasteiger partial charge in [0.05, 0.1) is 0 Å². The third kappa shape index (κ3) is 5.67. The van der Waals surface area contributed by atoms with Crippen molar-refractivity contribution in [1.29, 1.82) is 0 Å². The van der Waals surface area contributed by atoms with E-state index in [1.807, 2.05) is 0 Å². The van der Waals surface area contributed by atoms with E-state index in [1.54, 1.807) is 23.6 Å². The third-order valence-corrected chi connectivity index (χ3v) is 7.99. The van der Waals surface area contributed by atoms with Gasteiger partial charge in [0.1, 0.15) is 10.6 Å². The van der Waals surface area contributed by atoms with Gasteiger partial charge in [0.15, 0.2) is 0 Å². The van der Waals surface area contributed by atoms with E-state index in [-0.39, 0.29) is 22.6 Å². The van der Waals surface area contributed by atoms with E-state index < -0.39 is 10.0 Å². The maximum absolute atomic E-state index is 13.0. The Morgan fingerprint density at radius 3 is 2.45 bits per heavy atom. The second-order valence-electron chi connectivity index (χ2n) is 8.34. The predicted molar refractivity (Wildman–Crippen MR) is 116 cm³/mol. The van der Waals surface area contributed by atoms with Gasteiger partial charge in [0, 0.05) is 65.6 Å². The minimum absolute atomic E-state index is 0.0250. The number of carbonyl (C=O) groups is 2. The van der Waals surface area contributed by atoms with Crippen LogP contribution in [0.5, 0.6) is 0 Å².